The highest BCUT2D eigenvalue weighted by Gasteiger charge is 2.13. The third-order valence-electron chi connectivity index (χ3n) is 4.06. The SMILES string of the molecule is O=C(NCc1ccc2c(c1)OCCO2)c1cc2ccccc2c(=O)[nH]1. The Bertz CT molecular complexity index is 1010. The minimum absolute atomic E-state index is 0.237. The number of hydrogen-bond donors (Lipinski definition) is 2. The Morgan fingerprint density at radius 1 is 1.04 bits per heavy atom. The van der Waals surface area contributed by atoms with E-state index in [9.17, 15) is 9.59 Å². The number of rotatable bonds is 3. The van der Waals surface area contributed by atoms with Gasteiger partial charge in [0.2, 0.25) is 0 Å². The summed E-state index contributed by atoms with van der Waals surface area (Å²) in [7, 11) is 0. The molecule has 0 spiro atoms. The number of carbonyl (C=O) groups is 1. The van der Waals surface area contributed by atoms with Crippen molar-refractivity contribution in [2.24, 2.45) is 0 Å². The molecule has 2 heterocycles. The van der Waals surface area contributed by atoms with Crippen molar-refractivity contribution >= 4 is 16.7 Å². The average molecular weight is 336 g/mol. The molecule has 0 fully saturated rings. The Kier molecular flexibility index (Phi) is 3.85. The quantitative estimate of drug-likeness (QED) is 0.769. The number of nitrogens with one attached hydrogen (secondary N) is 2. The Balaban J connectivity index is 1.52. The number of aromatic nitrogens is 1. The Labute approximate surface area is 143 Å². The van der Waals surface area contributed by atoms with E-state index in [-0.39, 0.29) is 17.2 Å². The molecule has 6 heteroatoms. The fourth-order valence-electron chi connectivity index (χ4n) is 2.81. The van der Waals surface area contributed by atoms with Crippen LogP contribution in [0.25, 0.3) is 10.8 Å². The average Bonchev–Trinajstić information content (AvgIpc) is 2.66. The van der Waals surface area contributed by atoms with Gasteiger partial charge in [0.25, 0.3) is 11.5 Å². The number of amides is 1. The van der Waals surface area contributed by atoms with Crippen LogP contribution in [0.15, 0.2) is 53.3 Å². The minimum Gasteiger partial charge on any atom is -0.486 e. The van der Waals surface area contributed by atoms with Crippen molar-refractivity contribution in [1.82, 2.24) is 10.3 Å². The van der Waals surface area contributed by atoms with Gasteiger partial charge in [0, 0.05) is 11.9 Å². The standard InChI is InChI=1S/C19H16N2O4/c22-18-14-4-2-1-3-13(14)10-15(21-18)19(23)20-11-12-5-6-16-17(9-12)25-8-7-24-16/h1-6,9-10H,7-8,11H2,(H,20,23)(H,21,22). The van der Waals surface area contributed by atoms with E-state index in [1.807, 2.05) is 30.3 Å². The van der Waals surface area contributed by atoms with Crippen molar-refractivity contribution in [2.75, 3.05) is 13.2 Å². The lowest BCUT2D eigenvalue weighted by atomic mass is 10.1. The second-order valence-corrected chi connectivity index (χ2v) is 5.76. The van der Waals surface area contributed by atoms with E-state index in [4.69, 9.17) is 9.47 Å². The molecule has 0 saturated heterocycles. The molecule has 1 amide bonds. The van der Waals surface area contributed by atoms with Gasteiger partial charge in [0.1, 0.15) is 18.9 Å². The van der Waals surface area contributed by atoms with Crippen LogP contribution in [0.5, 0.6) is 11.5 Å². The van der Waals surface area contributed by atoms with Gasteiger partial charge in [-0.2, -0.15) is 0 Å². The Morgan fingerprint density at radius 3 is 2.72 bits per heavy atom. The monoisotopic (exact) mass is 336 g/mol. The van der Waals surface area contributed by atoms with Crippen molar-refractivity contribution in [3.05, 3.63) is 70.1 Å². The molecule has 1 aliphatic heterocycles. The highest BCUT2D eigenvalue weighted by molar-refractivity contribution is 5.96. The summed E-state index contributed by atoms with van der Waals surface area (Å²) >= 11 is 0. The van der Waals surface area contributed by atoms with Gasteiger partial charge < -0.3 is 19.8 Å². The smallest absolute Gasteiger partial charge is 0.268 e. The molecule has 3 aromatic rings. The number of hydrogen-bond acceptors (Lipinski definition) is 4. The maximum absolute atomic E-state index is 12.4. The van der Waals surface area contributed by atoms with Gasteiger partial charge in [-0.3, -0.25) is 9.59 Å². The molecule has 0 radical (unpaired) electrons. The van der Waals surface area contributed by atoms with Gasteiger partial charge in [-0.25, -0.2) is 0 Å². The first kappa shape index (κ1) is 15.3. The number of H-pyrrole nitrogens is 1. The zero-order chi connectivity index (χ0) is 17.2. The van der Waals surface area contributed by atoms with E-state index in [1.54, 1.807) is 18.2 Å². The molecule has 1 aliphatic rings. The number of ether oxygens (including phenoxy) is 2. The lowest BCUT2D eigenvalue weighted by Gasteiger charge is -2.19. The van der Waals surface area contributed by atoms with Crippen molar-refractivity contribution in [1.29, 1.82) is 0 Å². The van der Waals surface area contributed by atoms with Crippen LogP contribution in [-0.2, 0) is 6.54 Å². The highest BCUT2D eigenvalue weighted by atomic mass is 16.6. The largest absolute Gasteiger partial charge is 0.486 e. The molecule has 0 bridgehead atoms. The summed E-state index contributed by atoms with van der Waals surface area (Å²) in [6.45, 7) is 1.38. The van der Waals surface area contributed by atoms with E-state index in [0.29, 0.717) is 36.6 Å². The van der Waals surface area contributed by atoms with Crippen LogP contribution in [0.3, 0.4) is 0 Å². The Morgan fingerprint density at radius 2 is 1.84 bits per heavy atom. The lowest BCUT2D eigenvalue weighted by Crippen LogP contribution is -2.26. The topological polar surface area (TPSA) is 80.4 Å². The molecular formula is C19H16N2O4. The van der Waals surface area contributed by atoms with Crippen molar-refractivity contribution < 1.29 is 14.3 Å². The molecule has 6 nitrogen and oxygen atoms in total. The number of aromatic amines is 1. The minimum atomic E-state index is -0.335. The van der Waals surface area contributed by atoms with Gasteiger partial charge in [-0.05, 0) is 35.2 Å². The van der Waals surface area contributed by atoms with Gasteiger partial charge in [0.15, 0.2) is 11.5 Å². The van der Waals surface area contributed by atoms with Gasteiger partial charge in [-0.1, -0.05) is 24.3 Å². The first-order chi connectivity index (χ1) is 12.2. The first-order valence-electron chi connectivity index (χ1n) is 7.99. The van der Waals surface area contributed by atoms with Crippen LogP contribution in [-0.4, -0.2) is 24.1 Å². The second-order valence-electron chi connectivity index (χ2n) is 5.76. The molecule has 0 atom stereocenters. The van der Waals surface area contributed by atoms with Crippen molar-refractivity contribution in [3.63, 3.8) is 0 Å². The molecule has 2 N–H and O–H groups in total. The van der Waals surface area contributed by atoms with Gasteiger partial charge >= 0.3 is 0 Å². The Hall–Kier alpha value is -3.28. The predicted molar refractivity (Wildman–Crippen MR) is 93.2 cm³/mol. The summed E-state index contributed by atoms with van der Waals surface area (Å²) < 4.78 is 11.0. The maximum atomic E-state index is 12.4. The summed E-state index contributed by atoms with van der Waals surface area (Å²) in [5, 5.41) is 4.10. The van der Waals surface area contributed by atoms with Gasteiger partial charge in [-0.15, -0.1) is 0 Å². The first-order valence-corrected chi connectivity index (χ1v) is 7.99. The maximum Gasteiger partial charge on any atom is 0.268 e. The van der Waals surface area contributed by atoms with E-state index >= 15 is 0 Å². The second kappa shape index (κ2) is 6.32. The molecular weight excluding hydrogens is 320 g/mol. The fraction of sp³-hybridized carbons (Fsp3) is 0.158. The van der Waals surface area contributed by atoms with E-state index < -0.39 is 0 Å². The zero-order valence-electron chi connectivity index (χ0n) is 13.4. The fourth-order valence-corrected chi connectivity index (χ4v) is 2.81. The molecule has 25 heavy (non-hydrogen) atoms. The summed E-state index contributed by atoms with van der Waals surface area (Å²) in [4.78, 5) is 27.1. The van der Waals surface area contributed by atoms with Crippen LogP contribution < -0.4 is 20.3 Å². The highest BCUT2D eigenvalue weighted by Crippen LogP contribution is 2.30. The summed E-state index contributed by atoms with van der Waals surface area (Å²) in [5.41, 5.74) is 0.851. The number of carbonyl (C=O) groups excluding carboxylic acids is 1. The van der Waals surface area contributed by atoms with Crippen molar-refractivity contribution in [3.8, 4) is 11.5 Å². The van der Waals surface area contributed by atoms with E-state index in [2.05, 4.69) is 10.3 Å². The van der Waals surface area contributed by atoms with E-state index in [0.717, 1.165) is 10.9 Å². The number of benzene rings is 2. The molecule has 126 valence electrons. The van der Waals surface area contributed by atoms with Crippen molar-refractivity contribution in [2.45, 2.75) is 6.54 Å². The predicted octanol–water partition coefficient (Wildman–Crippen LogP) is 2.23. The van der Waals surface area contributed by atoms with Crippen LogP contribution in [0.4, 0.5) is 0 Å². The van der Waals surface area contributed by atoms with Crippen LogP contribution in [0.1, 0.15) is 16.1 Å². The normalized spacial score (nSPS) is 12.8. The number of fused-ring (bicyclic) bond motifs is 2. The molecule has 4 rings (SSSR count). The van der Waals surface area contributed by atoms with Crippen LogP contribution in [0.2, 0.25) is 0 Å². The third-order valence-corrected chi connectivity index (χ3v) is 4.06. The summed E-state index contributed by atoms with van der Waals surface area (Å²) in [6, 6.07) is 14.4. The molecule has 0 unspecified atom stereocenters. The van der Waals surface area contributed by atoms with Crippen LogP contribution >= 0.6 is 0 Å². The van der Waals surface area contributed by atoms with E-state index in [1.165, 1.54) is 0 Å². The zero-order valence-corrected chi connectivity index (χ0v) is 13.4. The van der Waals surface area contributed by atoms with Crippen LogP contribution in [0, 0.1) is 0 Å². The summed E-state index contributed by atoms with van der Waals surface area (Å²) in [5.74, 6) is 1.05. The molecule has 1 aromatic heterocycles. The third kappa shape index (κ3) is 3.06. The molecule has 0 aliphatic carbocycles. The summed E-state index contributed by atoms with van der Waals surface area (Å²) in [6.07, 6.45) is 0. The molecule has 2 aromatic carbocycles. The van der Waals surface area contributed by atoms with Gasteiger partial charge in [0.05, 0.1) is 0 Å². The lowest BCUT2D eigenvalue weighted by molar-refractivity contribution is 0.0945. The number of pyridine rings is 1. The molecule has 0 saturated carbocycles.